The first kappa shape index (κ1) is 15.6. The van der Waals surface area contributed by atoms with Crippen LogP contribution in [0, 0.1) is 13.8 Å². The molecule has 4 N–H and O–H groups in total. The summed E-state index contributed by atoms with van der Waals surface area (Å²) < 4.78 is 0. The van der Waals surface area contributed by atoms with Crippen LogP contribution in [0.2, 0.25) is 0 Å². The van der Waals surface area contributed by atoms with E-state index in [0.29, 0.717) is 11.6 Å². The summed E-state index contributed by atoms with van der Waals surface area (Å²) in [6, 6.07) is 2.39. The van der Waals surface area contributed by atoms with Gasteiger partial charge in [0, 0.05) is 24.9 Å². The number of nitrogens with two attached hydrogens (primary N) is 1. The highest BCUT2D eigenvalue weighted by atomic mass is 16.4. The van der Waals surface area contributed by atoms with E-state index in [9.17, 15) is 0 Å². The summed E-state index contributed by atoms with van der Waals surface area (Å²) in [4.78, 5) is 6.73. The molecule has 1 aromatic heterocycles. The van der Waals surface area contributed by atoms with E-state index in [0.717, 1.165) is 49.3 Å². The minimum atomic E-state index is 0.0998. The van der Waals surface area contributed by atoms with Crippen molar-refractivity contribution in [3.63, 3.8) is 0 Å². The van der Waals surface area contributed by atoms with Gasteiger partial charge in [0.1, 0.15) is 0 Å². The number of nitrogens with zero attached hydrogens (tertiary/aromatic N) is 3. The number of rotatable bonds is 5. The lowest BCUT2D eigenvalue weighted by Crippen LogP contribution is -2.32. The maximum Gasteiger partial charge on any atom is 0.174 e. The minimum absolute atomic E-state index is 0.0998. The fourth-order valence-electron chi connectivity index (χ4n) is 3.18. The Morgan fingerprint density at radius 1 is 1.52 bits per heavy atom. The zero-order valence-electron chi connectivity index (χ0n) is 12.7. The van der Waals surface area contributed by atoms with Crippen molar-refractivity contribution in [3.05, 3.63) is 23.0 Å². The molecule has 21 heavy (non-hydrogen) atoms. The molecular formula is C15H24N4O2. The maximum absolute atomic E-state index is 9.05. The van der Waals surface area contributed by atoms with Crippen LogP contribution in [0.25, 0.3) is 0 Å². The first-order valence-electron chi connectivity index (χ1n) is 7.42. The number of hydrogen-bond donors (Lipinski definition) is 3. The van der Waals surface area contributed by atoms with Crippen LogP contribution in [-0.2, 0) is 0 Å². The molecule has 0 saturated carbocycles. The number of aromatic nitrogens is 1. The Labute approximate surface area is 125 Å². The second kappa shape index (κ2) is 6.76. The lowest BCUT2D eigenvalue weighted by atomic mass is 10.1. The largest absolute Gasteiger partial charge is 0.409 e. The van der Waals surface area contributed by atoms with E-state index in [2.05, 4.69) is 15.0 Å². The first-order chi connectivity index (χ1) is 10.1. The number of amidine groups is 1. The summed E-state index contributed by atoms with van der Waals surface area (Å²) in [5, 5.41) is 21.2. The highest BCUT2D eigenvalue weighted by Gasteiger charge is 2.28. The van der Waals surface area contributed by atoms with Gasteiger partial charge in [-0.05, 0) is 45.6 Å². The van der Waals surface area contributed by atoms with E-state index in [1.54, 1.807) is 0 Å². The number of aliphatic hydroxyl groups excluding tert-OH is 1. The molecule has 0 spiro atoms. The Balaban J connectivity index is 2.42. The van der Waals surface area contributed by atoms with Crippen LogP contribution >= 0.6 is 0 Å². The van der Waals surface area contributed by atoms with Crippen LogP contribution in [0.1, 0.15) is 42.6 Å². The molecular weight excluding hydrogens is 268 g/mol. The van der Waals surface area contributed by atoms with Gasteiger partial charge in [-0.3, -0.25) is 4.98 Å². The van der Waals surface area contributed by atoms with Gasteiger partial charge in [-0.25, -0.2) is 0 Å². The van der Waals surface area contributed by atoms with Crippen molar-refractivity contribution in [1.82, 2.24) is 4.98 Å². The molecule has 0 amide bonds. The van der Waals surface area contributed by atoms with Crippen LogP contribution in [0.4, 0.5) is 5.69 Å². The summed E-state index contributed by atoms with van der Waals surface area (Å²) >= 11 is 0. The molecule has 0 aromatic carbocycles. The van der Waals surface area contributed by atoms with Gasteiger partial charge in [0.25, 0.3) is 0 Å². The van der Waals surface area contributed by atoms with E-state index < -0.39 is 0 Å². The highest BCUT2D eigenvalue weighted by molar-refractivity contribution is 6.03. The van der Waals surface area contributed by atoms with Gasteiger partial charge in [-0.1, -0.05) is 5.16 Å². The summed E-state index contributed by atoms with van der Waals surface area (Å²) in [6.07, 6.45) is 3.97. The van der Waals surface area contributed by atoms with E-state index in [-0.39, 0.29) is 12.4 Å². The molecule has 6 heteroatoms. The Kier molecular flexibility index (Phi) is 5.01. The fraction of sp³-hybridized carbons (Fsp3) is 0.600. The SMILES string of the molecule is Cc1cc(N2CCCC2CCCO)c(/C(N)=N/O)c(C)n1. The zero-order valence-corrected chi connectivity index (χ0v) is 12.7. The second-order valence-electron chi connectivity index (χ2n) is 5.58. The standard InChI is InChI=1S/C15H24N4O2/c1-10-9-13(14(11(2)17-10)15(16)18-21)19-7-3-5-12(19)6-4-8-20/h9,12,20-21H,3-8H2,1-2H3,(H2,16,18). The van der Waals surface area contributed by atoms with Gasteiger partial charge in [0.15, 0.2) is 5.84 Å². The number of pyridine rings is 1. The average molecular weight is 292 g/mol. The van der Waals surface area contributed by atoms with Gasteiger partial charge in [-0.2, -0.15) is 0 Å². The van der Waals surface area contributed by atoms with Crippen LogP contribution in [0.15, 0.2) is 11.2 Å². The maximum atomic E-state index is 9.05. The molecule has 2 rings (SSSR count). The third kappa shape index (κ3) is 3.26. The van der Waals surface area contributed by atoms with Gasteiger partial charge in [0.2, 0.25) is 0 Å². The smallest absolute Gasteiger partial charge is 0.174 e. The van der Waals surface area contributed by atoms with Crippen LogP contribution in [0.3, 0.4) is 0 Å². The molecule has 1 aliphatic heterocycles. The van der Waals surface area contributed by atoms with Crippen LogP contribution < -0.4 is 10.6 Å². The van der Waals surface area contributed by atoms with Crippen molar-refractivity contribution >= 4 is 11.5 Å². The molecule has 1 unspecified atom stereocenters. The lowest BCUT2D eigenvalue weighted by molar-refractivity contribution is 0.279. The van der Waals surface area contributed by atoms with Gasteiger partial charge < -0.3 is 20.9 Å². The molecule has 0 bridgehead atoms. The second-order valence-corrected chi connectivity index (χ2v) is 5.58. The monoisotopic (exact) mass is 292 g/mol. The number of oxime groups is 1. The Hall–Kier alpha value is -1.82. The topological polar surface area (TPSA) is 95.0 Å². The number of anilines is 1. The third-order valence-corrected chi connectivity index (χ3v) is 4.05. The van der Waals surface area contributed by atoms with E-state index in [1.807, 2.05) is 19.9 Å². The average Bonchev–Trinajstić information content (AvgIpc) is 2.91. The van der Waals surface area contributed by atoms with Gasteiger partial charge >= 0.3 is 0 Å². The molecule has 116 valence electrons. The highest BCUT2D eigenvalue weighted by Crippen LogP contribution is 2.32. The van der Waals surface area contributed by atoms with E-state index in [1.165, 1.54) is 0 Å². The van der Waals surface area contributed by atoms with Crippen LogP contribution in [-0.4, -0.2) is 40.3 Å². The molecule has 1 saturated heterocycles. The molecule has 1 atom stereocenters. The van der Waals surface area contributed by atoms with Crippen molar-refractivity contribution in [1.29, 1.82) is 0 Å². The Morgan fingerprint density at radius 2 is 2.29 bits per heavy atom. The number of aryl methyl sites for hydroxylation is 2. The molecule has 1 fully saturated rings. The molecule has 6 nitrogen and oxygen atoms in total. The molecule has 0 radical (unpaired) electrons. The Bertz CT molecular complexity index is 531. The normalized spacial score (nSPS) is 19.3. The summed E-state index contributed by atoms with van der Waals surface area (Å²) in [5.41, 5.74) is 9.23. The Morgan fingerprint density at radius 3 is 2.95 bits per heavy atom. The van der Waals surface area contributed by atoms with Crippen molar-refractivity contribution in [2.45, 2.75) is 45.6 Å². The summed E-state index contributed by atoms with van der Waals surface area (Å²) in [5.74, 6) is 0.0998. The first-order valence-corrected chi connectivity index (χ1v) is 7.42. The van der Waals surface area contributed by atoms with E-state index in [4.69, 9.17) is 16.0 Å². The zero-order chi connectivity index (χ0) is 15.4. The van der Waals surface area contributed by atoms with E-state index >= 15 is 0 Å². The minimum Gasteiger partial charge on any atom is -0.409 e. The van der Waals surface area contributed by atoms with Gasteiger partial charge in [-0.15, -0.1) is 0 Å². The predicted octanol–water partition coefficient (Wildman–Crippen LogP) is 1.53. The number of aliphatic hydroxyl groups is 1. The number of hydrogen-bond acceptors (Lipinski definition) is 5. The summed E-state index contributed by atoms with van der Waals surface area (Å²) in [7, 11) is 0. The van der Waals surface area contributed by atoms with Crippen LogP contribution in [0.5, 0.6) is 0 Å². The molecule has 0 aliphatic carbocycles. The van der Waals surface area contributed by atoms with Crippen molar-refractivity contribution < 1.29 is 10.3 Å². The summed E-state index contributed by atoms with van der Waals surface area (Å²) in [6.45, 7) is 4.99. The quantitative estimate of drug-likeness (QED) is 0.331. The van der Waals surface area contributed by atoms with Crippen molar-refractivity contribution in [2.75, 3.05) is 18.1 Å². The van der Waals surface area contributed by atoms with Gasteiger partial charge in [0.05, 0.1) is 16.9 Å². The third-order valence-electron chi connectivity index (χ3n) is 4.05. The van der Waals surface area contributed by atoms with Crippen molar-refractivity contribution in [3.8, 4) is 0 Å². The molecule has 2 heterocycles. The van der Waals surface area contributed by atoms with Crippen molar-refractivity contribution in [2.24, 2.45) is 10.9 Å². The lowest BCUT2D eigenvalue weighted by Gasteiger charge is -2.29. The predicted molar refractivity (Wildman–Crippen MR) is 82.9 cm³/mol. The molecule has 1 aliphatic rings. The molecule has 1 aromatic rings. The fourth-order valence-corrected chi connectivity index (χ4v) is 3.18.